The Morgan fingerprint density at radius 3 is 2.83 bits per heavy atom. The summed E-state index contributed by atoms with van der Waals surface area (Å²) < 4.78 is 2.39. The van der Waals surface area contributed by atoms with Gasteiger partial charge in [-0.3, -0.25) is 9.78 Å². The molecule has 0 radical (unpaired) electrons. The minimum absolute atomic E-state index is 0.0515. The average molecular weight is 324 g/mol. The maximum atomic E-state index is 12.5. The minimum Gasteiger partial charge on any atom is -0.337 e. The van der Waals surface area contributed by atoms with Gasteiger partial charge < -0.3 is 9.47 Å². The van der Waals surface area contributed by atoms with Gasteiger partial charge in [-0.2, -0.15) is 0 Å². The van der Waals surface area contributed by atoms with E-state index in [0.29, 0.717) is 11.6 Å². The molecule has 1 aliphatic carbocycles. The molecule has 1 aliphatic heterocycles. The third-order valence-corrected chi connectivity index (χ3v) is 5.20. The number of rotatable bonds is 5. The van der Waals surface area contributed by atoms with Gasteiger partial charge in [-0.25, -0.2) is 4.98 Å². The van der Waals surface area contributed by atoms with Gasteiger partial charge in [-0.1, -0.05) is 6.07 Å². The van der Waals surface area contributed by atoms with Crippen LogP contribution in [0.1, 0.15) is 41.3 Å². The fourth-order valence-electron chi connectivity index (χ4n) is 3.57. The fourth-order valence-corrected chi connectivity index (χ4v) is 3.57. The molecule has 4 rings (SSSR count). The number of pyridine rings is 1. The summed E-state index contributed by atoms with van der Waals surface area (Å²) >= 11 is 0. The van der Waals surface area contributed by atoms with Crippen LogP contribution in [-0.4, -0.2) is 38.4 Å². The van der Waals surface area contributed by atoms with Crippen molar-refractivity contribution >= 4 is 5.91 Å². The van der Waals surface area contributed by atoms with Crippen LogP contribution in [0.2, 0.25) is 0 Å². The van der Waals surface area contributed by atoms with Crippen molar-refractivity contribution in [3.8, 4) is 0 Å². The second-order valence-corrected chi connectivity index (χ2v) is 7.19. The first-order valence-corrected chi connectivity index (χ1v) is 8.92. The van der Waals surface area contributed by atoms with E-state index in [2.05, 4.69) is 21.5 Å². The van der Waals surface area contributed by atoms with Gasteiger partial charge in [0, 0.05) is 44.1 Å². The van der Waals surface area contributed by atoms with Crippen molar-refractivity contribution in [2.45, 2.75) is 39.2 Å². The van der Waals surface area contributed by atoms with E-state index in [0.717, 1.165) is 38.4 Å². The molecule has 1 atom stereocenters. The number of nitrogens with zero attached hydrogens (tertiary/aromatic N) is 4. The molecule has 5 nitrogen and oxygen atoms in total. The third kappa shape index (κ3) is 3.21. The van der Waals surface area contributed by atoms with Crippen molar-refractivity contribution < 1.29 is 4.79 Å². The SMILES string of the molecule is Cc1cnc(CC2CCN(C(=O)c3ccccn3)C2)n1CC1CC1. The largest absolute Gasteiger partial charge is 0.337 e. The zero-order valence-electron chi connectivity index (χ0n) is 14.2. The number of aryl methyl sites for hydroxylation is 1. The van der Waals surface area contributed by atoms with Crippen molar-refractivity contribution in [3.05, 3.63) is 47.8 Å². The lowest BCUT2D eigenvalue weighted by atomic mass is 10.0. The maximum Gasteiger partial charge on any atom is 0.272 e. The van der Waals surface area contributed by atoms with Crippen LogP contribution >= 0.6 is 0 Å². The molecule has 1 unspecified atom stereocenters. The highest BCUT2D eigenvalue weighted by molar-refractivity contribution is 5.92. The second-order valence-electron chi connectivity index (χ2n) is 7.19. The van der Waals surface area contributed by atoms with Gasteiger partial charge in [0.2, 0.25) is 0 Å². The Labute approximate surface area is 142 Å². The van der Waals surface area contributed by atoms with Crippen molar-refractivity contribution in [2.75, 3.05) is 13.1 Å². The summed E-state index contributed by atoms with van der Waals surface area (Å²) in [6, 6.07) is 5.50. The molecule has 3 heterocycles. The number of aromatic nitrogens is 3. The Hall–Kier alpha value is -2.17. The Morgan fingerprint density at radius 1 is 1.21 bits per heavy atom. The maximum absolute atomic E-state index is 12.5. The van der Waals surface area contributed by atoms with E-state index in [4.69, 9.17) is 0 Å². The summed E-state index contributed by atoms with van der Waals surface area (Å²) in [5, 5.41) is 0. The van der Waals surface area contributed by atoms with E-state index in [9.17, 15) is 4.79 Å². The van der Waals surface area contributed by atoms with Gasteiger partial charge in [-0.15, -0.1) is 0 Å². The van der Waals surface area contributed by atoms with Gasteiger partial charge in [0.05, 0.1) is 0 Å². The molecule has 2 aromatic heterocycles. The smallest absolute Gasteiger partial charge is 0.272 e. The molecule has 24 heavy (non-hydrogen) atoms. The molecule has 0 bridgehead atoms. The quantitative estimate of drug-likeness (QED) is 0.850. The monoisotopic (exact) mass is 324 g/mol. The molecule has 0 spiro atoms. The highest BCUT2D eigenvalue weighted by Gasteiger charge is 2.29. The lowest BCUT2D eigenvalue weighted by molar-refractivity contribution is 0.0781. The first-order valence-electron chi connectivity index (χ1n) is 8.92. The van der Waals surface area contributed by atoms with E-state index >= 15 is 0 Å². The molecule has 126 valence electrons. The minimum atomic E-state index is 0.0515. The summed E-state index contributed by atoms with van der Waals surface area (Å²) in [6.45, 7) is 4.89. The van der Waals surface area contributed by atoms with Crippen LogP contribution in [-0.2, 0) is 13.0 Å². The van der Waals surface area contributed by atoms with Gasteiger partial charge >= 0.3 is 0 Å². The Kier molecular flexibility index (Phi) is 4.08. The van der Waals surface area contributed by atoms with Gasteiger partial charge in [0.25, 0.3) is 5.91 Å². The number of likely N-dealkylation sites (tertiary alicyclic amines) is 1. The normalized spacial score (nSPS) is 20.5. The van der Waals surface area contributed by atoms with E-state index in [1.807, 2.05) is 23.2 Å². The van der Waals surface area contributed by atoms with Crippen molar-refractivity contribution in [1.29, 1.82) is 0 Å². The number of carbonyl (C=O) groups excluding carboxylic acids is 1. The van der Waals surface area contributed by atoms with E-state index in [1.54, 1.807) is 12.3 Å². The summed E-state index contributed by atoms with van der Waals surface area (Å²) in [6.07, 6.45) is 8.39. The summed E-state index contributed by atoms with van der Waals surface area (Å²) in [7, 11) is 0. The molecule has 2 aromatic rings. The van der Waals surface area contributed by atoms with Crippen LogP contribution in [0.15, 0.2) is 30.6 Å². The molecule has 0 N–H and O–H groups in total. The molecule has 5 heteroatoms. The zero-order valence-corrected chi connectivity index (χ0v) is 14.2. The predicted octanol–water partition coefficient (Wildman–Crippen LogP) is 2.70. The van der Waals surface area contributed by atoms with Gasteiger partial charge in [0.1, 0.15) is 11.5 Å². The van der Waals surface area contributed by atoms with Crippen molar-refractivity contribution in [3.63, 3.8) is 0 Å². The fraction of sp³-hybridized carbons (Fsp3) is 0.526. The van der Waals surface area contributed by atoms with Crippen molar-refractivity contribution in [2.24, 2.45) is 11.8 Å². The lowest BCUT2D eigenvalue weighted by Gasteiger charge is -2.16. The summed E-state index contributed by atoms with van der Waals surface area (Å²) in [5.74, 6) is 2.59. The average Bonchev–Trinajstić information content (AvgIpc) is 3.21. The van der Waals surface area contributed by atoms with E-state index in [-0.39, 0.29) is 5.91 Å². The van der Waals surface area contributed by atoms with E-state index < -0.39 is 0 Å². The summed E-state index contributed by atoms with van der Waals surface area (Å²) in [4.78, 5) is 23.3. The second kappa shape index (κ2) is 6.38. The first kappa shape index (κ1) is 15.4. The number of imidazole rings is 1. The highest BCUT2D eigenvalue weighted by atomic mass is 16.2. The van der Waals surface area contributed by atoms with Crippen molar-refractivity contribution in [1.82, 2.24) is 19.4 Å². The molecular formula is C19H24N4O. The number of hydrogen-bond donors (Lipinski definition) is 0. The van der Waals surface area contributed by atoms with Crippen LogP contribution < -0.4 is 0 Å². The molecule has 2 fully saturated rings. The Balaban J connectivity index is 1.40. The molecule has 1 saturated carbocycles. The van der Waals surface area contributed by atoms with Gasteiger partial charge in [0.15, 0.2) is 0 Å². The van der Waals surface area contributed by atoms with Crippen LogP contribution in [0.3, 0.4) is 0 Å². The van der Waals surface area contributed by atoms with Crippen LogP contribution in [0.4, 0.5) is 0 Å². The van der Waals surface area contributed by atoms with Gasteiger partial charge in [-0.05, 0) is 50.2 Å². The zero-order chi connectivity index (χ0) is 16.5. The molecule has 1 saturated heterocycles. The predicted molar refractivity (Wildman–Crippen MR) is 91.6 cm³/mol. The number of hydrogen-bond acceptors (Lipinski definition) is 3. The molecule has 2 aliphatic rings. The highest BCUT2D eigenvalue weighted by Crippen LogP contribution is 2.32. The van der Waals surface area contributed by atoms with Crippen LogP contribution in [0.25, 0.3) is 0 Å². The molecule has 1 amide bonds. The Morgan fingerprint density at radius 2 is 2.08 bits per heavy atom. The molecular weight excluding hydrogens is 300 g/mol. The van der Waals surface area contributed by atoms with Crippen LogP contribution in [0, 0.1) is 18.8 Å². The Bertz CT molecular complexity index is 720. The topological polar surface area (TPSA) is 51.0 Å². The molecule has 0 aromatic carbocycles. The first-order chi connectivity index (χ1) is 11.7. The van der Waals surface area contributed by atoms with E-state index in [1.165, 1.54) is 24.4 Å². The summed E-state index contributed by atoms with van der Waals surface area (Å²) in [5.41, 5.74) is 1.81. The van der Waals surface area contributed by atoms with Crippen LogP contribution in [0.5, 0.6) is 0 Å². The number of carbonyl (C=O) groups is 1. The third-order valence-electron chi connectivity index (χ3n) is 5.20. The number of amides is 1. The lowest BCUT2D eigenvalue weighted by Crippen LogP contribution is -2.29. The standard InChI is InChI=1S/C19H24N4O/c1-14-11-21-18(23(14)13-15-5-6-15)10-16-7-9-22(12-16)19(24)17-4-2-3-8-20-17/h2-4,8,11,15-16H,5-7,9-10,12-13H2,1H3.